The van der Waals surface area contributed by atoms with E-state index in [1.165, 1.54) is 13.8 Å². The lowest BCUT2D eigenvalue weighted by Gasteiger charge is -2.15. The van der Waals surface area contributed by atoms with Crippen molar-refractivity contribution in [2.45, 2.75) is 45.6 Å². The minimum absolute atomic E-state index is 0.432. The summed E-state index contributed by atoms with van der Waals surface area (Å²) in [7, 11) is 0. The van der Waals surface area contributed by atoms with Crippen molar-refractivity contribution in [1.82, 2.24) is 5.73 Å². The first-order valence-corrected chi connectivity index (χ1v) is 4.40. The number of esters is 1. The largest absolute Gasteiger partial charge is 0.464 e. The van der Waals surface area contributed by atoms with Crippen LogP contribution in [0.2, 0.25) is 0 Å². The number of carbonyl (C=O) groups is 1. The number of hydrogen-bond acceptors (Lipinski definition) is 2. The first kappa shape index (κ1) is 11.4. The molecular weight excluding hydrogens is 154 g/mol. The molecule has 71 valence electrons. The van der Waals surface area contributed by atoms with Crippen LogP contribution in [0.15, 0.2) is 0 Å². The highest BCUT2D eigenvalue weighted by atomic mass is 16.5. The second-order valence-corrected chi connectivity index (χ2v) is 3.47. The molecule has 0 heterocycles. The van der Waals surface area contributed by atoms with Crippen LogP contribution in [0.5, 0.6) is 0 Å². The summed E-state index contributed by atoms with van der Waals surface area (Å²) in [6.07, 6.45) is 3.09. The highest BCUT2D eigenvalue weighted by molar-refractivity contribution is 5.79. The molecule has 0 unspecified atom stereocenters. The molecule has 0 saturated heterocycles. The predicted molar refractivity (Wildman–Crippen MR) is 47.7 cm³/mol. The van der Waals surface area contributed by atoms with Crippen LogP contribution in [0.3, 0.4) is 0 Å². The topological polar surface area (TPSA) is 50.1 Å². The van der Waals surface area contributed by atoms with Gasteiger partial charge in [0.15, 0.2) is 0 Å². The molecule has 0 aromatic carbocycles. The van der Waals surface area contributed by atoms with Crippen LogP contribution in [-0.4, -0.2) is 18.1 Å². The summed E-state index contributed by atoms with van der Waals surface area (Å²) < 4.78 is 4.88. The Morgan fingerprint density at radius 3 is 2.42 bits per heavy atom. The summed E-state index contributed by atoms with van der Waals surface area (Å²) >= 11 is 0. The average Bonchev–Trinajstić information content (AvgIpc) is 1.96. The monoisotopic (exact) mass is 172 g/mol. The zero-order valence-electron chi connectivity index (χ0n) is 8.14. The molecule has 0 spiro atoms. The second kappa shape index (κ2) is 5.14. The molecule has 0 atom stereocenters. The highest BCUT2D eigenvalue weighted by Gasteiger charge is 2.24. The van der Waals surface area contributed by atoms with Gasteiger partial charge in [-0.3, -0.25) is 4.79 Å². The van der Waals surface area contributed by atoms with Gasteiger partial charge in [0.25, 0.3) is 0 Å². The molecule has 0 fully saturated rings. The van der Waals surface area contributed by atoms with Crippen molar-refractivity contribution >= 4 is 5.97 Å². The molecule has 0 aliphatic heterocycles. The van der Waals surface area contributed by atoms with Crippen LogP contribution in [0.25, 0.3) is 0 Å². The maximum atomic E-state index is 11.0. The molecule has 3 nitrogen and oxygen atoms in total. The maximum Gasteiger partial charge on any atom is 0.327 e. The molecule has 12 heavy (non-hydrogen) atoms. The molecule has 0 bridgehead atoms. The van der Waals surface area contributed by atoms with E-state index < -0.39 is 11.5 Å². The molecule has 1 N–H and O–H groups in total. The summed E-state index contributed by atoms with van der Waals surface area (Å²) in [6, 6.07) is 0. The van der Waals surface area contributed by atoms with Crippen LogP contribution in [0.4, 0.5) is 0 Å². The van der Waals surface area contributed by atoms with Gasteiger partial charge in [-0.15, -0.1) is 0 Å². The van der Waals surface area contributed by atoms with Crippen molar-refractivity contribution in [3.63, 3.8) is 0 Å². The third-order valence-corrected chi connectivity index (χ3v) is 1.49. The molecule has 0 aromatic heterocycles. The number of ether oxygens (including phenoxy) is 1. The minimum Gasteiger partial charge on any atom is -0.464 e. The van der Waals surface area contributed by atoms with Crippen LogP contribution in [0, 0.1) is 0 Å². The Hall–Kier alpha value is -0.570. The number of unbranched alkanes of at least 4 members (excludes halogenated alkanes) is 2. The standard InChI is InChI=1S/C9H18NO2/c1-4-5-6-7-12-8(11)9(2,3)10/h10H,4-7H2,1-3H3. The van der Waals surface area contributed by atoms with E-state index >= 15 is 0 Å². The summed E-state index contributed by atoms with van der Waals surface area (Å²) in [5.41, 5.74) is 6.24. The number of carbonyl (C=O) groups excluding carboxylic acids is 1. The normalized spacial score (nSPS) is 11.3. The number of nitrogens with one attached hydrogen (secondary N) is 1. The van der Waals surface area contributed by atoms with Gasteiger partial charge in [-0.05, 0) is 20.3 Å². The summed E-state index contributed by atoms with van der Waals surface area (Å²) in [6.45, 7) is 5.62. The molecule has 3 heteroatoms. The van der Waals surface area contributed by atoms with Gasteiger partial charge in [-0.1, -0.05) is 19.8 Å². The Morgan fingerprint density at radius 2 is 2.00 bits per heavy atom. The van der Waals surface area contributed by atoms with Crippen molar-refractivity contribution in [1.29, 1.82) is 0 Å². The van der Waals surface area contributed by atoms with E-state index in [1.54, 1.807) is 0 Å². The zero-order valence-corrected chi connectivity index (χ0v) is 8.14. The van der Waals surface area contributed by atoms with Gasteiger partial charge in [-0.2, -0.15) is 0 Å². The van der Waals surface area contributed by atoms with Gasteiger partial charge >= 0.3 is 5.97 Å². The van der Waals surface area contributed by atoms with Crippen LogP contribution in [-0.2, 0) is 9.53 Å². The third kappa shape index (κ3) is 5.13. The van der Waals surface area contributed by atoms with Gasteiger partial charge in [0.2, 0.25) is 0 Å². The second-order valence-electron chi connectivity index (χ2n) is 3.47. The van der Waals surface area contributed by atoms with E-state index in [0.717, 1.165) is 19.3 Å². The Morgan fingerprint density at radius 1 is 1.42 bits per heavy atom. The van der Waals surface area contributed by atoms with E-state index in [1.807, 2.05) is 0 Å². The zero-order chi connectivity index (χ0) is 9.61. The molecule has 1 radical (unpaired) electrons. The van der Waals surface area contributed by atoms with Crippen molar-refractivity contribution in [3.8, 4) is 0 Å². The summed E-state index contributed by atoms with van der Waals surface area (Å²) in [5.74, 6) is -0.432. The van der Waals surface area contributed by atoms with Gasteiger partial charge < -0.3 is 4.74 Å². The van der Waals surface area contributed by atoms with Crippen molar-refractivity contribution in [3.05, 3.63) is 0 Å². The Balaban J connectivity index is 3.45. The van der Waals surface area contributed by atoms with E-state index in [4.69, 9.17) is 10.5 Å². The van der Waals surface area contributed by atoms with Gasteiger partial charge in [0.1, 0.15) is 5.54 Å². The van der Waals surface area contributed by atoms with Crippen molar-refractivity contribution in [2.24, 2.45) is 0 Å². The maximum absolute atomic E-state index is 11.0. The lowest BCUT2D eigenvalue weighted by molar-refractivity contribution is -0.149. The molecule has 0 aliphatic carbocycles. The van der Waals surface area contributed by atoms with Crippen LogP contribution >= 0.6 is 0 Å². The van der Waals surface area contributed by atoms with Crippen molar-refractivity contribution in [2.75, 3.05) is 6.61 Å². The molecule has 0 saturated carbocycles. The van der Waals surface area contributed by atoms with Crippen molar-refractivity contribution < 1.29 is 9.53 Å². The quantitative estimate of drug-likeness (QED) is 0.469. The number of rotatable bonds is 5. The third-order valence-electron chi connectivity index (χ3n) is 1.49. The Kier molecular flexibility index (Phi) is 4.90. The average molecular weight is 172 g/mol. The first-order chi connectivity index (χ1) is 5.48. The molecule has 0 aliphatic rings. The predicted octanol–water partition coefficient (Wildman–Crippen LogP) is 1.78. The summed E-state index contributed by atoms with van der Waals surface area (Å²) in [4.78, 5) is 11.0. The smallest absolute Gasteiger partial charge is 0.327 e. The highest BCUT2D eigenvalue weighted by Crippen LogP contribution is 2.03. The lowest BCUT2D eigenvalue weighted by atomic mass is 10.1. The lowest BCUT2D eigenvalue weighted by Crippen LogP contribution is -2.35. The Labute approximate surface area is 74.3 Å². The van der Waals surface area contributed by atoms with E-state index in [0.29, 0.717) is 6.61 Å². The van der Waals surface area contributed by atoms with E-state index in [-0.39, 0.29) is 0 Å². The minimum atomic E-state index is -1.10. The van der Waals surface area contributed by atoms with Crippen LogP contribution < -0.4 is 5.73 Å². The molecule has 0 aromatic rings. The molecule has 0 amide bonds. The van der Waals surface area contributed by atoms with Gasteiger partial charge in [0.05, 0.1) is 6.61 Å². The number of hydrogen-bond donors (Lipinski definition) is 0. The first-order valence-electron chi connectivity index (χ1n) is 4.40. The molecular formula is C9H18NO2. The molecule has 0 rings (SSSR count). The van der Waals surface area contributed by atoms with Gasteiger partial charge in [-0.25, -0.2) is 5.73 Å². The van der Waals surface area contributed by atoms with Gasteiger partial charge in [0, 0.05) is 0 Å². The fourth-order valence-electron chi connectivity index (χ4n) is 0.697. The SMILES string of the molecule is CCCCCOC(=O)C(C)(C)[NH]. The fraction of sp³-hybridized carbons (Fsp3) is 0.889. The summed E-state index contributed by atoms with van der Waals surface area (Å²) in [5, 5.41) is 0. The van der Waals surface area contributed by atoms with E-state index in [2.05, 4.69) is 6.92 Å². The fourth-order valence-corrected chi connectivity index (χ4v) is 0.697. The van der Waals surface area contributed by atoms with E-state index in [9.17, 15) is 4.79 Å². The van der Waals surface area contributed by atoms with Crippen LogP contribution in [0.1, 0.15) is 40.0 Å². The Bertz CT molecular complexity index is 138.